The van der Waals surface area contributed by atoms with Crippen molar-refractivity contribution in [2.45, 2.75) is 46.5 Å². The van der Waals surface area contributed by atoms with Gasteiger partial charge >= 0.3 is 0 Å². The van der Waals surface area contributed by atoms with Crippen molar-refractivity contribution in [3.8, 4) is 0 Å². The topological polar surface area (TPSA) is 37.8 Å². The molecule has 1 saturated carbocycles. The molecule has 0 saturated heterocycles. The second kappa shape index (κ2) is 4.81. The van der Waals surface area contributed by atoms with E-state index >= 15 is 0 Å². The minimum absolute atomic E-state index is 0.393. The molecule has 0 aromatic carbocycles. The van der Waals surface area contributed by atoms with E-state index in [-0.39, 0.29) is 0 Å². The fourth-order valence-corrected chi connectivity index (χ4v) is 2.63. The van der Waals surface area contributed by atoms with Gasteiger partial charge in [-0.1, -0.05) is 31.4 Å². The summed E-state index contributed by atoms with van der Waals surface area (Å²) in [5.74, 6) is 0.725. The van der Waals surface area contributed by atoms with Crippen molar-refractivity contribution in [3.05, 3.63) is 16.5 Å². The smallest absolute Gasteiger partial charge is 0.171 e. The van der Waals surface area contributed by atoms with Crippen molar-refractivity contribution < 1.29 is 0 Å². The predicted molar refractivity (Wildman–Crippen MR) is 71.6 cm³/mol. The summed E-state index contributed by atoms with van der Waals surface area (Å²) in [4.78, 5) is 8.74. The van der Waals surface area contributed by atoms with E-state index in [1.807, 2.05) is 13.8 Å². The molecular formula is C13H20ClN3. The van der Waals surface area contributed by atoms with Gasteiger partial charge in [0.25, 0.3) is 0 Å². The first-order valence-electron chi connectivity index (χ1n) is 6.25. The van der Waals surface area contributed by atoms with Crippen LogP contribution in [0.25, 0.3) is 0 Å². The Morgan fingerprint density at radius 3 is 2.41 bits per heavy atom. The van der Waals surface area contributed by atoms with E-state index in [4.69, 9.17) is 11.6 Å². The average Bonchev–Trinajstić information content (AvgIpc) is 2.69. The molecule has 3 nitrogen and oxygen atoms in total. The lowest BCUT2D eigenvalue weighted by Gasteiger charge is -2.24. The number of hydrogen-bond donors (Lipinski definition) is 1. The van der Waals surface area contributed by atoms with Gasteiger partial charge in [-0.25, -0.2) is 9.97 Å². The number of hydrogen-bond acceptors (Lipinski definition) is 3. The lowest BCUT2D eigenvalue weighted by atomic mass is 9.89. The van der Waals surface area contributed by atoms with Crippen LogP contribution in [0, 0.1) is 19.3 Å². The molecule has 1 aromatic rings. The summed E-state index contributed by atoms with van der Waals surface area (Å²) in [7, 11) is 0. The Labute approximate surface area is 108 Å². The van der Waals surface area contributed by atoms with E-state index < -0.39 is 0 Å². The van der Waals surface area contributed by atoms with Gasteiger partial charge in [-0.05, 0) is 32.1 Å². The van der Waals surface area contributed by atoms with Gasteiger partial charge in [0.2, 0.25) is 0 Å². The number of anilines is 1. The molecule has 4 heteroatoms. The molecule has 1 aliphatic carbocycles. The van der Waals surface area contributed by atoms with Gasteiger partial charge in [0, 0.05) is 6.54 Å². The minimum Gasteiger partial charge on any atom is -0.367 e. The van der Waals surface area contributed by atoms with Gasteiger partial charge in [-0.3, -0.25) is 0 Å². The Bertz CT molecular complexity index is 411. The summed E-state index contributed by atoms with van der Waals surface area (Å²) < 4.78 is 0. The third-order valence-corrected chi connectivity index (χ3v) is 4.02. The lowest BCUT2D eigenvalue weighted by molar-refractivity contribution is 0.361. The molecule has 94 valence electrons. The molecule has 0 radical (unpaired) electrons. The van der Waals surface area contributed by atoms with Gasteiger partial charge in [-0.15, -0.1) is 0 Å². The molecule has 1 aromatic heterocycles. The SMILES string of the molecule is Cc1nc(Cl)c(NCC2(C)CCCC2)nc1C. The fraction of sp³-hybridized carbons (Fsp3) is 0.692. The highest BCUT2D eigenvalue weighted by Crippen LogP contribution is 2.37. The Kier molecular flexibility index (Phi) is 3.57. The van der Waals surface area contributed by atoms with Crippen molar-refractivity contribution >= 4 is 17.4 Å². The van der Waals surface area contributed by atoms with Crippen LogP contribution in [0.2, 0.25) is 5.15 Å². The van der Waals surface area contributed by atoms with Gasteiger partial charge in [-0.2, -0.15) is 0 Å². The van der Waals surface area contributed by atoms with E-state index in [1.165, 1.54) is 25.7 Å². The van der Waals surface area contributed by atoms with Gasteiger partial charge in [0.1, 0.15) is 0 Å². The summed E-state index contributed by atoms with van der Waals surface area (Å²) in [5, 5.41) is 3.84. The summed E-state index contributed by atoms with van der Waals surface area (Å²) in [6.07, 6.45) is 5.25. The normalized spacial score (nSPS) is 18.4. The zero-order valence-corrected chi connectivity index (χ0v) is 11.6. The second-order valence-electron chi connectivity index (χ2n) is 5.41. The first-order chi connectivity index (χ1) is 8.00. The third kappa shape index (κ3) is 2.89. The summed E-state index contributed by atoms with van der Waals surface area (Å²) in [5.41, 5.74) is 2.23. The van der Waals surface area contributed by atoms with Crippen molar-refractivity contribution in [3.63, 3.8) is 0 Å². The van der Waals surface area contributed by atoms with E-state index in [0.717, 1.165) is 23.8 Å². The van der Waals surface area contributed by atoms with Crippen LogP contribution < -0.4 is 5.32 Å². The van der Waals surface area contributed by atoms with Crippen LogP contribution in [0.3, 0.4) is 0 Å². The molecule has 0 aliphatic heterocycles. The molecule has 0 atom stereocenters. The predicted octanol–water partition coefficient (Wildman–Crippen LogP) is 3.74. The van der Waals surface area contributed by atoms with Crippen LogP contribution in [0.4, 0.5) is 5.82 Å². The van der Waals surface area contributed by atoms with Crippen molar-refractivity contribution in [1.82, 2.24) is 9.97 Å². The number of aryl methyl sites for hydroxylation is 2. The van der Waals surface area contributed by atoms with Crippen LogP contribution in [-0.4, -0.2) is 16.5 Å². The Balaban J connectivity index is 2.06. The van der Waals surface area contributed by atoms with Crippen LogP contribution >= 0.6 is 11.6 Å². The lowest BCUT2D eigenvalue weighted by Crippen LogP contribution is -2.23. The summed E-state index contributed by atoms with van der Waals surface area (Å²) in [6, 6.07) is 0. The van der Waals surface area contributed by atoms with Gasteiger partial charge in [0.15, 0.2) is 11.0 Å². The minimum atomic E-state index is 0.393. The highest BCUT2D eigenvalue weighted by Gasteiger charge is 2.28. The van der Waals surface area contributed by atoms with E-state index in [9.17, 15) is 0 Å². The quantitative estimate of drug-likeness (QED) is 0.892. The molecule has 17 heavy (non-hydrogen) atoms. The fourth-order valence-electron chi connectivity index (χ4n) is 2.39. The maximum atomic E-state index is 6.10. The number of aromatic nitrogens is 2. The Morgan fingerprint density at radius 2 is 1.76 bits per heavy atom. The van der Waals surface area contributed by atoms with E-state index in [0.29, 0.717) is 10.6 Å². The molecule has 0 unspecified atom stereocenters. The number of nitrogens with zero attached hydrogens (tertiary/aromatic N) is 2. The average molecular weight is 254 g/mol. The Morgan fingerprint density at radius 1 is 1.18 bits per heavy atom. The summed E-state index contributed by atoms with van der Waals surface area (Å²) in [6.45, 7) is 7.15. The number of rotatable bonds is 3. The molecule has 1 N–H and O–H groups in total. The third-order valence-electron chi connectivity index (χ3n) is 3.76. The van der Waals surface area contributed by atoms with Crippen LogP contribution in [-0.2, 0) is 0 Å². The maximum absolute atomic E-state index is 6.10. The molecule has 0 amide bonds. The zero-order valence-electron chi connectivity index (χ0n) is 10.8. The molecule has 1 fully saturated rings. The van der Waals surface area contributed by atoms with E-state index in [2.05, 4.69) is 22.2 Å². The van der Waals surface area contributed by atoms with Crippen molar-refractivity contribution in [1.29, 1.82) is 0 Å². The van der Waals surface area contributed by atoms with Crippen LogP contribution in [0.15, 0.2) is 0 Å². The molecule has 1 heterocycles. The number of nitrogens with one attached hydrogen (secondary N) is 1. The highest BCUT2D eigenvalue weighted by molar-refractivity contribution is 6.31. The zero-order chi connectivity index (χ0) is 12.5. The summed E-state index contributed by atoms with van der Waals surface area (Å²) >= 11 is 6.10. The molecule has 0 bridgehead atoms. The molecule has 0 spiro atoms. The van der Waals surface area contributed by atoms with Gasteiger partial charge in [0.05, 0.1) is 11.4 Å². The largest absolute Gasteiger partial charge is 0.367 e. The van der Waals surface area contributed by atoms with Crippen LogP contribution in [0.5, 0.6) is 0 Å². The molecule has 1 aliphatic rings. The monoisotopic (exact) mass is 253 g/mol. The van der Waals surface area contributed by atoms with Crippen molar-refractivity contribution in [2.75, 3.05) is 11.9 Å². The second-order valence-corrected chi connectivity index (χ2v) is 5.76. The maximum Gasteiger partial charge on any atom is 0.171 e. The highest BCUT2D eigenvalue weighted by atomic mass is 35.5. The molecule has 2 rings (SSSR count). The first kappa shape index (κ1) is 12.6. The van der Waals surface area contributed by atoms with Gasteiger partial charge < -0.3 is 5.32 Å². The molecular weight excluding hydrogens is 234 g/mol. The van der Waals surface area contributed by atoms with Crippen molar-refractivity contribution in [2.24, 2.45) is 5.41 Å². The number of halogens is 1. The first-order valence-corrected chi connectivity index (χ1v) is 6.63. The standard InChI is InChI=1S/C13H20ClN3/c1-9-10(2)17-12(11(14)16-9)15-8-13(3)6-4-5-7-13/h4-8H2,1-3H3,(H,15,17). The van der Waals surface area contributed by atoms with Crippen LogP contribution in [0.1, 0.15) is 44.0 Å². The van der Waals surface area contributed by atoms with E-state index in [1.54, 1.807) is 0 Å². The Hall–Kier alpha value is -0.830.